The van der Waals surface area contributed by atoms with E-state index in [1.807, 2.05) is 24.5 Å². The number of nitrogens with zero attached hydrogens (tertiary/aromatic N) is 1. The van der Waals surface area contributed by atoms with Crippen LogP contribution < -0.4 is 5.73 Å². The summed E-state index contributed by atoms with van der Waals surface area (Å²) in [6, 6.07) is 5.88. The first-order chi connectivity index (χ1) is 11.2. The summed E-state index contributed by atoms with van der Waals surface area (Å²) < 4.78 is 0. The molecule has 0 spiro atoms. The summed E-state index contributed by atoms with van der Waals surface area (Å²) in [5.74, 6) is 0.750. The smallest absolute Gasteiger partial charge is 0.0595 e. The highest BCUT2D eigenvalue weighted by molar-refractivity contribution is 6.42. The van der Waals surface area contributed by atoms with Crippen molar-refractivity contribution in [3.8, 4) is 0 Å². The third kappa shape index (κ3) is 3.69. The Morgan fingerprint density at radius 2 is 2.17 bits per heavy atom. The first kappa shape index (κ1) is 16.3. The fourth-order valence-corrected chi connectivity index (χ4v) is 3.42. The van der Waals surface area contributed by atoms with Crippen molar-refractivity contribution in [2.45, 2.75) is 18.8 Å². The van der Waals surface area contributed by atoms with Crippen LogP contribution in [0.3, 0.4) is 0 Å². The van der Waals surface area contributed by atoms with Gasteiger partial charge in [0.05, 0.1) is 16.2 Å². The van der Waals surface area contributed by atoms with Gasteiger partial charge in [-0.3, -0.25) is 5.10 Å². The first-order valence-electron chi connectivity index (χ1n) is 7.71. The molecular formula is C18H19Cl2N3. The van der Waals surface area contributed by atoms with Gasteiger partial charge in [-0.05, 0) is 54.5 Å². The number of halogens is 2. The highest BCUT2D eigenvalue weighted by atomic mass is 35.5. The second-order valence-corrected chi connectivity index (χ2v) is 6.58. The van der Waals surface area contributed by atoms with Crippen LogP contribution in [0.1, 0.15) is 29.9 Å². The first-order valence-corrected chi connectivity index (χ1v) is 8.47. The zero-order chi connectivity index (χ0) is 16.2. The van der Waals surface area contributed by atoms with Gasteiger partial charge in [0.2, 0.25) is 0 Å². The molecule has 1 heterocycles. The molecule has 1 aliphatic carbocycles. The minimum Gasteiger partial charge on any atom is -0.330 e. The molecule has 1 aromatic heterocycles. The molecule has 0 bridgehead atoms. The Kier molecular flexibility index (Phi) is 5.21. The largest absolute Gasteiger partial charge is 0.330 e. The monoisotopic (exact) mass is 347 g/mol. The Labute approximate surface area is 146 Å². The number of rotatable bonds is 5. The van der Waals surface area contributed by atoms with Crippen molar-refractivity contribution in [3.05, 3.63) is 70.0 Å². The Morgan fingerprint density at radius 3 is 2.78 bits per heavy atom. The highest BCUT2D eigenvalue weighted by Gasteiger charge is 2.22. The molecule has 3 N–H and O–H groups in total. The molecule has 1 aromatic carbocycles. The van der Waals surface area contributed by atoms with Gasteiger partial charge in [-0.2, -0.15) is 5.10 Å². The molecule has 5 heteroatoms. The average Bonchev–Trinajstić information content (AvgIpc) is 3.10. The molecule has 2 unspecified atom stereocenters. The van der Waals surface area contributed by atoms with Crippen LogP contribution in [-0.2, 0) is 0 Å². The zero-order valence-electron chi connectivity index (χ0n) is 12.7. The van der Waals surface area contributed by atoms with E-state index in [9.17, 15) is 0 Å². The SMILES string of the molecule is NCCC(c1ccc(Cl)c(Cl)c1)C1C=CC(c2cn[nH]c2)=CC1. The molecule has 3 rings (SSSR count). The lowest BCUT2D eigenvalue weighted by molar-refractivity contribution is 0.483. The molecule has 2 atom stereocenters. The van der Waals surface area contributed by atoms with E-state index >= 15 is 0 Å². The minimum atomic E-state index is 0.341. The number of hydrogen-bond acceptors (Lipinski definition) is 2. The van der Waals surface area contributed by atoms with E-state index < -0.39 is 0 Å². The lowest BCUT2D eigenvalue weighted by Gasteiger charge is -2.26. The van der Waals surface area contributed by atoms with Crippen LogP contribution in [-0.4, -0.2) is 16.7 Å². The van der Waals surface area contributed by atoms with Crippen LogP contribution in [0.4, 0.5) is 0 Å². The third-order valence-corrected chi connectivity index (χ3v) is 5.07. The molecule has 0 aliphatic heterocycles. The third-order valence-electron chi connectivity index (χ3n) is 4.33. The number of aromatic nitrogens is 2. The maximum absolute atomic E-state index is 6.18. The van der Waals surface area contributed by atoms with Crippen LogP contribution >= 0.6 is 23.2 Å². The molecule has 120 valence electrons. The van der Waals surface area contributed by atoms with E-state index in [4.69, 9.17) is 28.9 Å². The molecule has 0 amide bonds. The lowest BCUT2D eigenvalue weighted by atomic mass is 9.79. The molecule has 0 saturated heterocycles. The van der Waals surface area contributed by atoms with Gasteiger partial charge < -0.3 is 5.73 Å². The van der Waals surface area contributed by atoms with Gasteiger partial charge in [-0.1, -0.05) is 47.5 Å². The van der Waals surface area contributed by atoms with E-state index in [0.717, 1.165) is 18.4 Å². The van der Waals surface area contributed by atoms with Crippen molar-refractivity contribution in [1.82, 2.24) is 10.2 Å². The van der Waals surface area contributed by atoms with Gasteiger partial charge in [0.25, 0.3) is 0 Å². The highest BCUT2D eigenvalue weighted by Crippen LogP contribution is 2.37. The standard InChI is InChI=1S/C18H19Cl2N3/c19-17-6-5-14(9-18(17)20)16(7-8-21)13-3-1-12(2-4-13)15-10-22-23-11-15/h1-3,5-6,9-11,13,16H,4,7-8,21H2,(H,22,23). The van der Waals surface area contributed by atoms with Gasteiger partial charge in [0.1, 0.15) is 0 Å². The van der Waals surface area contributed by atoms with Crippen molar-refractivity contribution in [3.63, 3.8) is 0 Å². The van der Waals surface area contributed by atoms with Gasteiger partial charge >= 0.3 is 0 Å². The summed E-state index contributed by atoms with van der Waals surface area (Å²) >= 11 is 12.2. The van der Waals surface area contributed by atoms with E-state index in [-0.39, 0.29) is 0 Å². The van der Waals surface area contributed by atoms with Gasteiger partial charge in [0, 0.05) is 11.8 Å². The van der Waals surface area contributed by atoms with E-state index in [1.54, 1.807) is 0 Å². The summed E-state index contributed by atoms with van der Waals surface area (Å²) in [7, 11) is 0. The average molecular weight is 348 g/mol. The Morgan fingerprint density at radius 1 is 1.30 bits per heavy atom. The number of allylic oxidation sites excluding steroid dienone is 4. The van der Waals surface area contributed by atoms with E-state index in [0.29, 0.717) is 28.4 Å². The second kappa shape index (κ2) is 7.35. The van der Waals surface area contributed by atoms with E-state index in [2.05, 4.69) is 34.5 Å². The van der Waals surface area contributed by atoms with Crippen LogP contribution in [0.15, 0.2) is 48.8 Å². The summed E-state index contributed by atoms with van der Waals surface area (Å²) in [4.78, 5) is 0. The molecule has 0 saturated carbocycles. The Bertz CT molecular complexity index is 720. The van der Waals surface area contributed by atoms with Crippen molar-refractivity contribution >= 4 is 28.8 Å². The summed E-state index contributed by atoms with van der Waals surface area (Å²) in [6.45, 7) is 0.646. The predicted molar refractivity (Wildman–Crippen MR) is 96.7 cm³/mol. The van der Waals surface area contributed by atoms with Crippen molar-refractivity contribution in [2.24, 2.45) is 11.7 Å². The number of aromatic amines is 1. The van der Waals surface area contributed by atoms with Crippen molar-refractivity contribution in [1.29, 1.82) is 0 Å². The molecule has 2 aromatic rings. The minimum absolute atomic E-state index is 0.341. The normalized spacial score (nSPS) is 18.7. The number of hydrogen-bond donors (Lipinski definition) is 2. The topological polar surface area (TPSA) is 54.7 Å². The van der Waals surface area contributed by atoms with Crippen LogP contribution in [0.5, 0.6) is 0 Å². The predicted octanol–water partition coefficient (Wildman–Crippen LogP) is 4.81. The summed E-state index contributed by atoms with van der Waals surface area (Å²) in [5, 5.41) is 8.04. The molecule has 1 aliphatic rings. The molecule has 0 radical (unpaired) electrons. The second-order valence-electron chi connectivity index (χ2n) is 5.76. The lowest BCUT2D eigenvalue weighted by Crippen LogP contribution is -2.16. The fraction of sp³-hybridized carbons (Fsp3) is 0.278. The molecule has 0 fully saturated rings. The fourth-order valence-electron chi connectivity index (χ4n) is 3.11. The molecular weight excluding hydrogens is 329 g/mol. The van der Waals surface area contributed by atoms with Crippen LogP contribution in [0.25, 0.3) is 5.57 Å². The zero-order valence-corrected chi connectivity index (χ0v) is 14.2. The number of benzene rings is 1. The van der Waals surface area contributed by atoms with Gasteiger partial charge in [-0.25, -0.2) is 0 Å². The molecule has 3 nitrogen and oxygen atoms in total. The molecule has 23 heavy (non-hydrogen) atoms. The van der Waals surface area contributed by atoms with Gasteiger partial charge in [-0.15, -0.1) is 0 Å². The van der Waals surface area contributed by atoms with Gasteiger partial charge in [0.15, 0.2) is 0 Å². The maximum Gasteiger partial charge on any atom is 0.0595 e. The summed E-state index contributed by atoms with van der Waals surface area (Å²) in [5.41, 5.74) is 9.35. The maximum atomic E-state index is 6.18. The van der Waals surface area contributed by atoms with Crippen molar-refractivity contribution in [2.75, 3.05) is 6.54 Å². The quantitative estimate of drug-likeness (QED) is 0.815. The Hall–Kier alpha value is -1.55. The van der Waals surface area contributed by atoms with Crippen molar-refractivity contribution < 1.29 is 0 Å². The van der Waals surface area contributed by atoms with E-state index in [1.165, 1.54) is 11.1 Å². The van der Waals surface area contributed by atoms with Crippen LogP contribution in [0, 0.1) is 5.92 Å². The number of nitrogens with two attached hydrogens (primary N) is 1. The Balaban J connectivity index is 1.80. The number of H-pyrrole nitrogens is 1. The number of nitrogens with one attached hydrogen (secondary N) is 1. The summed E-state index contributed by atoms with van der Waals surface area (Å²) in [6.07, 6.45) is 12.3. The van der Waals surface area contributed by atoms with Crippen LogP contribution in [0.2, 0.25) is 10.0 Å².